The van der Waals surface area contributed by atoms with E-state index in [2.05, 4.69) is 40.1 Å². The zero-order chi connectivity index (χ0) is 30.5. The lowest BCUT2D eigenvalue weighted by atomic mass is 9.89. The maximum atomic E-state index is 16.0. The Kier molecular flexibility index (Phi) is 7.52. The van der Waals surface area contributed by atoms with Gasteiger partial charge < -0.3 is 9.84 Å². The molecule has 1 saturated carbocycles. The minimum atomic E-state index is -1.68. The van der Waals surface area contributed by atoms with Crippen molar-refractivity contribution in [3.8, 4) is 5.75 Å². The number of rotatable bonds is 7. The summed E-state index contributed by atoms with van der Waals surface area (Å²) >= 11 is 0. The molecule has 3 unspecified atom stereocenters. The second-order valence-electron chi connectivity index (χ2n) is 13.0. The van der Waals surface area contributed by atoms with Gasteiger partial charge in [0.25, 0.3) is 0 Å². The third-order valence-corrected chi connectivity index (χ3v) is 9.97. The van der Waals surface area contributed by atoms with Crippen LogP contribution in [0.4, 0.5) is 8.78 Å². The molecule has 4 nitrogen and oxygen atoms in total. The zero-order valence-electron chi connectivity index (χ0n) is 25.3. The molecule has 3 aliphatic rings. The summed E-state index contributed by atoms with van der Waals surface area (Å²) in [6.07, 6.45) is -1.89. The van der Waals surface area contributed by atoms with E-state index in [1.807, 2.05) is 60.7 Å². The molecule has 0 bridgehead atoms. The van der Waals surface area contributed by atoms with Gasteiger partial charge in [0, 0.05) is 32.7 Å². The highest BCUT2D eigenvalue weighted by Crippen LogP contribution is 2.53. The predicted molar refractivity (Wildman–Crippen MR) is 175 cm³/mol. The van der Waals surface area contributed by atoms with Gasteiger partial charge in [0.1, 0.15) is 18.5 Å². The summed E-state index contributed by atoms with van der Waals surface area (Å²) in [5, 5.41) is 15.6. The number of aliphatic hydroxyl groups excluding tert-OH is 1. The van der Waals surface area contributed by atoms with Crippen LogP contribution in [-0.2, 0) is 0 Å². The Morgan fingerprint density at radius 2 is 1.31 bits per heavy atom. The maximum absolute atomic E-state index is 16.0. The maximum Gasteiger partial charge on any atom is 0.161 e. The molecule has 5 aromatic carbocycles. The first-order chi connectivity index (χ1) is 22.0. The number of piperazine rings is 1. The van der Waals surface area contributed by atoms with Crippen LogP contribution in [0.15, 0.2) is 97.1 Å². The molecule has 0 spiro atoms. The molecular weight excluding hydrogens is 566 g/mol. The van der Waals surface area contributed by atoms with E-state index in [4.69, 9.17) is 4.74 Å². The summed E-state index contributed by atoms with van der Waals surface area (Å²) in [5.74, 6) is 1.08. The van der Waals surface area contributed by atoms with E-state index < -0.39 is 18.4 Å². The number of alkyl halides is 2. The van der Waals surface area contributed by atoms with Crippen molar-refractivity contribution in [2.45, 2.75) is 43.2 Å². The van der Waals surface area contributed by atoms with Gasteiger partial charge >= 0.3 is 0 Å². The molecule has 230 valence electrons. The fourth-order valence-corrected chi connectivity index (χ4v) is 7.54. The summed E-state index contributed by atoms with van der Waals surface area (Å²) in [5.41, 5.74) is 3.80. The minimum absolute atomic E-state index is 0.200. The molecule has 0 aromatic heterocycles. The summed E-state index contributed by atoms with van der Waals surface area (Å²) in [4.78, 5) is 4.63. The van der Waals surface area contributed by atoms with Gasteiger partial charge in [-0.2, -0.15) is 0 Å². The van der Waals surface area contributed by atoms with Crippen LogP contribution < -0.4 is 4.74 Å². The van der Waals surface area contributed by atoms with Crippen molar-refractivity contribution < 1.29 is 18.6 Å². The summed E-state index contributed by atoms with van der Waals surface area (Å²) in [6.45, 7) is 3.72. The van der Waals surface area contributed by atoms with Crippen LogP contribution in [0.3, 0.4) is 0 Å². The number of β-amino-alcohol motifs (C(OH)–C–C–N with tert-alkyl or cyclic N) is 1. The van der Waals surface area contributed by atoms with E-state index in [1.165, 1.54) is 10.8 Å². The minimum Gasteiger partial charge on any atom is -0.491 e. The lowest BCUT2D eigenvalue weighted by molar-refractivity contribution is 0.0400. The number of hydrogen-bond acceptors (Lipinski definition) is 4. The Morgan fingerprint density at radius 1 is 0.667 bits per heavy atom. The number of benzene rings is 5. The van der Waals surface area contributed by atoms with E-state index in [0.29, 0.717) is 23.6 Å². The smallest absolute Gasteiger partial charge is 0.161 e. The molecular formula is C39H38F2N2O2. The van der Waals surface area contributed by atoms with Gasteiger partial charge in [-0.05, 0) is 92.4 Å². The fourth-order valence-electron chi connectivity index (χ4n) is 7.54. The highest BCUT2D eigenvalue weighted by atomic mass is 19.2. The summed E-state index contributed by atoms with van der Waals surface area (Å²) in [7, 11) is 0. The molecule has 45 heavy (non-hydrogen) atoms. The fraction of sp³-hybridized carbons (Fsp3) is 0.333. The van der Waals surface area contributed by atoms with Crippen LogP contribution >= 0.6 is 0 Å². The summed E-state index contributed by atoms with van der Waals surface area (Å²) < 4.78 is 37.8. The lowest BCUT2D eigenvalue weighted by Gasteiger charge is -2.40. The highest BCUT2D eigenvalue weighted by Gasteiger charge is 2.42. The van der Waals surface area contributed by atoms with Crippen LogP contribution in [0.1, 0.15) is 65.0 Å². The van der Waals surface area contributed by atoms with E-state index in [9.17, 15) is 5.11 Å². The number of halogens is 2. The third-order valence-electron chi connectivity index (χ3n) is 9.97. The molecule has 1 saturated heterocycles. The largest absolute Gasteiger partial charge is 0.491 e. The molecule has 1 aliphatic heterocycles. The van der Waals surface area contributed by atoms with Crippen LogP contribution in [0.2, 0.25) is 0 Å². The van der Waals surface area contributed by atoms with Gasteiger partial charge in [-0.15, -0.1) is 0 Å². The van der Waals surface area contributed by atoms with Crippen LogP contribution in [0.25, 0.3) is 21.5 Å². The summed E-state index contributed by atoms with van der Waals surface area (Å²) in [6, 6.07) is 32.1. The number of hydrogen-bond donors (Lipinski definition) is 1. The van der Waals surface area contributed by atoms with Gasteiger partial charge in [-0.25, -0.2) is 8.78 Å². The molecule has 1 heterocycles. The number of ether oxygens (including phenoxy) is 1. The van der Waals surface area contributed by atoms with E-state index in [1.54, 1.807) is 6.07 Å². The molecule has 5 aromatic rings. The SMILES string of the molecule is O[C@@H](COc1ccc2cc3ccccc3cc2c1)CN1CCN(C2c3ccccc3C(F)C(F)c3c(C4CC4)cccc32)CC1. The molecule has 2 fully saturated rings. The van der Waals surface area contributed by atoms with Crippen molar-refractivity contribution in [1.29, 1.82) is 0 Å². The number of nitrogens with zero attached hydrogens (tertiary/aromatic N) is 2. The van der Waals surface area contributed by atoms with Crippen LogP contribution in [0, 0.1) is 0 Å². The zero-order valence-corrected chi connectivity index (χ0v) is 25.3. The third kappa shape index (κ3) is 5.50. The van der Waals surface area contributed by atoms with Gasteiger partial charge in [0.15, 0.2) is 12.3 Å². The predicted octanol–water partition coefficient (Wildman–Crippen LogP) is 8.05. The van der Waals surface area contributed by atoms with Crippen molar-refractivity contribution in [3.63, 3.8) is 0 Å². The molecule has 6 heteroatoms. The van der Waals surface area contributed by atoms with Crippen LogP contribution in [-0.4, -0.2) is 60.3 Å². The van der Waals surface area contributed by atoms with E-state index in [-0.39, 0.29) is 12.6 Å². The van der Waals surface area contributed by atoms with Crippen molar-refractivity contribution in [1.82, 2.24) is 9.80 Å². The van der Waals surface area contributed by atoms with Crippen LogP contribution in [0.5, 0.6) is 5.75 Å². The quantitative estimate of drug-likeness (QED) is 0.191. The first-order valence-corrected chi connectivity index (χ1v) is 16.2. The Bertz CT molecular complexity index is 1850. The molecule has 8 rings (SSSR count). The average Bonchev–Trinajstić information content (AvgIpc) is 3.93. The normalized spacial score (nSPS) is 23.0. The molecule has 1 N–H and O–H groups in total. The monoisotopic (exact) mass is 604 g/mol. The molecule has 0 amide bonds. The van der Waals surface area contributed by atoms with Gasteiger partial charge in [0.2, 0.25) is 0 Å². The van der Waals surface area contributed by atoms with Crippen molar-refractivity contribution in [2.24, 2.45) is 0 Å². The molecule has 2 aliphatic carbocycles. The van der Waals surface area contributed by atoms with Gasteiger partial charge in [-0.1, -0.05) is 72.8 Å². The lowest BCUT2D eigenvalue weighted by Crippen LogP contribution is -2.50. The topological polar surface area (TPSA) is 35.9 Å². The van der Waals surface area contributed by atoms with Gasteiger partial charge in [0.05, 0.1) is 6.04 Å². The average molecular weight is 605 g/mol. The first-order valence-electron chi connectivity index (χ1n) is 16.2. The van der Waals surface area contributed by atoms with Gasteiger partial charge in [-0.3, -0.25) is 9.80 Å². The van der Waals surface area contributed by atoms with E-state index >= 15 is 8.78 Å². The number of aliphatic hydroxyl groups is 1. The van der Waals surface area contributed by atoms with Crippen molar-refractivity contribution >= 4 is 21.5 Å². The number of fused-ring (bicyclic) bond motifs is 4. The standard InChI is InChI=1S/C39H38F2N2O2/c40-37-33-8-3-4-9-34(33)39(35-11-5-10-32(25-12-13-25)36(35)38(37)41)43-18-16-42(17-19-43)23-30(44)24-45-31-15-14-28-20-26-6-1-2-7-27(26)21-29(28)22-31/h1-11,14-15,20-22,25,30,37-39,44H,12-13,16-19,23-24H2/t30-,37?,38?,39?/m1/s1. The Balaban J connectivity index is 0.948. The highest BCUT2D eigenvalue weighted by molar-refractivity contribution is 5.98. The van der Waals surface area contributed by atoms with E-state index in [0.717, 1.165) is 72.2 Å². The van der Waals surface area contributed by atoms with Crippen molar-refractivity contribution in [2.75, 3.05) is 39.3 Å². The second kappa shape index (κ2) is 11.8. The Morgan fingerprint density at radius 3 is 2.07 bits per heavy atom. The molecule has 0 radical (unpaired) electrons. The Hall–Kier alpha value is -3.84. The second-order valence-corrected chi connectivity index (χ2v) is 13.0. The Labute approximate surface area is 262 Å². The first kappa shape index (κ1) is 28.6. The van der Waals surface area contributed by atoms with Crippen molar-refractivity contribution in [3.05, 3.63) is 125 Å². The molecule has 4 atom stereocenters.